The molecule has 0 fully saturated rings. The van der Waals surface area contributed by atoms with Gasteiger partial charge in [0, 0.05) is 30.8 Å². The lowest BCUT2D eigenvalue weighted by molar-refractivity contribution is 0.102. The Kier molecular flexibility index (Phi) is 7.69. The minimum absolute atomic E-state index is 0.0813. The molecule has 0 unspecified atom stereocenters. The fourth-order valence-corrected chi connectivity index (χ4v) is 5.96. The Labute approximate surface area is 267 Å². The van der Waals surface area contributed by atoms with E-state index < -0.39 is 0 Å². The fraction of sp³-hybridized carbons (Fsp3) is 0.0833. The molecule has 9 nitrogen and oxygen atoms in total. The number of carbonyl (C=O) groups excluding carboxylic acids is 1. The van der Waals surface area contributed by atoms with Crippen molar-refractivity contribution in [2.75, 3.05) is 5.32 Å². The first kappa shape index (κ1) is 28.9. The zero-order valence-electron chi connectivity index (χ0n) is 24.7. The van der Waals surface area contributed by atoms with Crippen LogP contribution in [0.25, 0.3) is 21.8 Å². The van der Waals surface area contributed by atoms with Crippen LogP contribution in [0, 0.1) is 0 Å². The fourth-order valence-electron chi connectivity index (χ4n) is 5.20. The number of nitrogens with one attached hydrogen (secondary N) is 2. The van der Waals surface area contributed by atoms with Gasteiger partial charge in [-0.25, -0.2) is 4.98 Å². The molecule has 0 saturated carbocycles. The molecule has 46 heavy (non-hydrogen) atoms. The Balaban J connectivity index is 0.972. The first-order valence-corrected chi connectivity index (χ1v) is 15.4. The van der Waals surface area contributed by atoms with Gasteiger partial charge in [0.05, 0.1) is 15.9 Å². The summed E-state index contributed by atoms with van der Waals surface area (Å²) in [5.74, 6) is 2.48. The van der Waals surface area contributed by atoms with Crippen LogP contribution >= 0.6 is 11.3 Å². The summed E-state index contributed by atoms with van der Waals surface area (Å²) >= 11 is 1.00. The predicted octanol–water partition coefficient (Wildman–Crippen LogP) is 7.40. The highest BCUT2D eigenvalue weighted by Gasteiger charge is 2.12. The number of nitrogens with zero attached hydrogens (tertiary/aromatic N) is 2. The number of amides is 1. The number of benzene rings is 5. The number of fused-ring (bicyclic) bond motifs is 2. The normalized spacial score (nSPS) is 11.2. The first-order valence-electron chi connectivity index (χ1n) is 14.5. The molecule has 2 aromatic heterocycles. The Morgan fingerprint density at radius 1 is 0.891 bits per heavy atom. The topological polar surface area (TPSA) is 118 Å². The molecule has 10 heteroatoms. The van der Waals surface area contributed by atoms with Gasteiger partial charge in [-0.05, 0) is 77.0 Å². The second-order valence-electron chi connectivity index (χ2n) is 10.8. The number of imidazole rings is 1. The zero-order chi connectivity index (χ0) is 31.6. The van der Waals surface area contributed by atoms with Crippen molar-refractivity contribution in [3.63, 3.8) is 0 Å². The maximum Gasteiger partial charge on any atom is 0.307 e. The summed E-state index contributed by atoms with van der Waals surface area (Å²) in [5.41, 5.74) is 3.94. The molecule has 0 spiro atoms. The van der Waals surface area contributed by atoms with E-state index in [0.717, 1.165) is 44.5 Å². The van der Waals surface area contributed by atoms with Crippen molar-refractivity contribution < 1.29 is 19.4 Å². The van der Waals surface area contributed by atoms with E-state index in [-0.39, 0.29) is 23.3 Å². The number of H-pyrrole nitrogens is 1. The van der Waals surface area contributed by atoms with Crippen molar-refractivity contribution in [2.24, 2.45) is 7.05 Å². The van der Waals surface area contributed by atoms with Gasteiger partial charge in [0.1, 0.15) is 29.7 Å². The summed E-state index contributed by atoms with van der Waals surface area (Å²) in [5, 5.41) is 14.9. The number of anilines is 1. The Morgan fingerprint density at radius 3 is 2.39 bits per heavy atom. The molecule has 0 bridgehead atoms. The van der Waals surface area contributed by atoms with Gasteiger partial charge in [0.15, 0.2) is 0 Å². The van der Waals surface area contributed by atoms with E-state index in [2.05, 4.69) is 10.3 Å². The standard InChI is InChI=1S/C36H28N4O5S/c1-40-31-20-29(45-28-14-10-26(11-15-28)37-34(41)25-9-8-23-4-2-3-5-24(23)19-25)16-17-30(31)38-33(40)21-44-27-12-6-22(7-13-27)18-32-35(42)39-36(43)46-32/h2-17,19-20,42H,18,21H2,1H3,(H,37,41)(H,39,43). The molecule has 0 aliphatic heterocycles. The minimum Gasteiger partial charge on any atom is -0.494 e. The molecule has 5 aromatic carbocycles. The average molecular weight is 629 g/mol. The largest absolute Gasteiger partial charge is 0.494 e. The maximum absolute atomic E-state index is 12.8. The molecule has 0 aliphatic carbocycles. The van der Waals surface area contributed by atoms with Crippen LogP contribution in [0.5, 0.6) is 23.1 Å². The van der Waals surface area contributed by atoms with E-state index in [1.165, 1.54) is 0 Å². The van der Waals surface area contributed by atoms with E-state index in [1.54, 1.807) is 0 Å². The number of ether oxygens (including phenoxy) is 2. The lowest BCUT2D eigenvalue weighted by Gasteiger charge is -2.09. The highest BCUT2D eigenvalue weighted by molar-refractivity contribution is 7.09. The Hall–Kier alpha value is -5.87. The van der Waals surface area contributed by atoms with Crippen LogP contribution in [0.2, 0.25) is 0 Å². The summed E-state index contributed by atoms with van der Waals surface area (Å²) in [6.07, 6.45) is 0.456. The summed E-state index contributed by atoms with van der Waals surface area (Å²) in [7, 11) is 1.93. The van der Waals surface area contributed by atoms with Gasteiger partial charge in [-0.1, -0.05) is 53.8 Å². The van der Waals surface area contributed by atoms with Gasteiger partial charge in [0.25, 0.3) is 5.91 Å². The molecule has 0 saturated heterocycles. The third-order valence-corrected chi connectivity index (χ3v) is 8.53. The molecule has 7 rings (SSSR count). The number of aryl methyl sites for hydroxylation is 1. The summed E-state index contributed by atoms with van der Waals surface area (Å²) < 4.78 is 14.1. The van der Waals surface area contributed by atoms with Crippen molar-refractivity contribution in [1.82, 2.24) is 14.5 Å². The summed E-state index contributed by atoms with van der Waals surface area (Å²) in [4.78, 5) is 31.7. The number of aromatic nitrogens is 3. The van der Waals surface area contributed by atoms with Gasteiger partial charge in [-0.3, -0.25) is 14.6 Å². The monoisotopic (exact) mass is 628 g/mol. The molecule has 0 atom stereocenters. The van der Waals surface area contributed by atoms with Crippen LogP contribution in [-0.4, -0.2) is 25.5 Å². The highest BCUT2D eigenvalue weighted by atomic mass is 32.1. The van der Waals surface area contributed by atoms with Gasteiger partial charge in [-0.2, -0.15) is 0 Å². The third-order valence-electron chi connectivity index (χ3n) is 7.66. The van der Waals surface area contributed by atoms with E-state index in [0.29, 0.717) is 39.8 Å². The number of carbonyl (C=O) groups is 1. The average Bonchev–Trinajstić information content (AvgIpc) is 3.56. The van der Waals surface area contributed by atoms with E-state index in [4.69, 9.17) is 14.5 Å². The summed E-state index contributed by atoms with van der Waals surface area (Å²) in [6.45, 7) is 0.271. The van der Waals surface area contributed by atoms with Crippen LogP contribution in [-0.2, 0) is 20.1 Å². The van der Waals surface area contributed by atoms with Gasteiger partial charge >= 0.3 is 4.87 Å². The predicted molar refractivity (Wildman–Crippen MR) is 179 cm³/mol. The molecule has 3 N–H and O–H groups in total. The molecular weight excluding hydrogens is 600 g/mol. The minimum atomic E-state index is -0.275. The number of aromatic amines is 1. The summed E-state index contributed by atoms with van der Waals surface area (Å²) in [6, 6.07) is 34.1. The van der Waals surface area contributed by atoms with Crippen LogP contribution in [0.1, 0.15) is 26.6 Å². The smallest absolute Gasteiger partial charge is 0.307 e. The van der Waals surface area contributed by atoms with Crippen LogP contribution in [0.4, 0.5) is 5.69 Å². The molecule has 0 aliphatic rings. The second-order valence-corrected chi connectivity index (χ2v) is 11.8. The number of hydrogen-bond donors (Lipinski definition) is 3. The lowest BCUT2D eigenvalue weighted by atomic mass is 10.1. The van der Waals surface area contributed by atoms with Gasteiger partial charge in [0.2, 0.25) is 5.88 Å². The number of thiazole rings is 1. The Bertz CT molecular complexity index is 2250. The Morgan fingerprint density at radius 2 is 1.63 bits per heavy atom. The lowest BCUT2D eigenvalue weighted by Crippen LogP contribution is -2.11. The van der Waals surface area contributed by atoms with Crippen LogP contribution in [0.15, 0.2) is 114 Å². The molecule has 228 valence electrons. The third kappa shape index (κ3) is 6.19. The van der Waals surface area contributed by atoms with E-state index >= 15 is 0 Å². The van der Waals surface area contributed by atoms with Gasteiger partial charge < -0.3 is 24.5 Å². The number of rotatable bonds is 9. The maximum atomic E-state index is 12.8. The molecular formula is C36H28N4O5S. The molecule has 0 radical (unpaired) electrons. The highest BCUT2D eigenvalue weighted by Crippen LogP contribution is 2.28. The SMILES string of the molecule is Cn1c(COc2ccc(Cc3sc(=O)[nH]c3O)cc2)nc2ccc(Oc3ccc(NC(=O)c4ccc5ccccc5c4)cc3)cc21. The van der Waals surface area contributed by atoms with Crippen molar-refractivity contribution in [2.45, 2.75) is 13.0 Å². The van der Waals surface area contributed by atoms with Gasteiger partial charge in [-0.15, -0.1) is 0 Å². The van der Waals surface area contributed by atoms with Crippen molar-refractivity contribution in [3.8, 4) is 23.1 Å². The van der Waals surface area contributed by atoms with Crippen LogP contribution < -0.4 is 19.7 Å². The zero-order valence-corrected chi connectivity index (χ0v) is 25.5. The van der Waals surface area contributed by atoms with Crippen molar-refractivity contribution in [3.05, 3.63) is 141 Å². The number of hydrogen-bond acceptors (Lipinski definition) is 7. The number of aromatic hydroxyl groups is 1. The quantitative estimate of drug-likeness (QED) is 0.153. The van der Waals surface area contributed by atoms with Crippen molar-refractivity contribution in [1.29, 1.82) is 0 Å². The first-order chi connectivity index (χ1) is 22.4. The van der Waals surface area contributed by atoms with Crippen molar-refractivity contribution >= 4 is 44.7 Å². The molecule has 7 aromatic rings. The van der Waals surface area contributed by atoms with Crippen LogP contribution in [0.3, 0.4) is 0 Å². The van der Waals surface area contributed by atoms with E-state index in [9.17, 15) is 14.7 Å². The second kappa shape index (κ2) is 12.3. The molecule has 1 amide bonds. The molecule has 2 heterocycles. The van der Waals surface area contributed by atoms with E-state index in [1.807, 2.05) is 121 Å².